The zero-order valence-corrected chi connectivity index (χ0v) is 14.7. The summed E-state index contributed by atoms with van der Waals surface area (Å²) < 4.78 is 34.3. The summed E-state index contributed by atoms with van der Waals surface area (Å²) in [6.45, 7) is 0.435. The first-order valence-corrected chi connectivity index (χ1v) is 8.76. The Bertz CT molecular complexity index is 893. The SMILES string of the molecule is COc1cc2cnn(-c3ccc(CCNS(=O)O)cc3)c2cc1OC. The van der Waals surface area contributed by atoms with Gasteiger partial charge in [-0.3, -0.25) is 4.55 Å². The van der Waals surface area contributed by atoms with Gasteiger partial charge in [-0.25, -0.2) is 13.6 Å². The molecule has 132 valence electrons. The molecule has 0 aliphatic heterocycles. The first-order chi connectivity index (χ1) is 12.1. The molecule has 1 heterocycles. The van der Waals surface area contributed by atoms with Gasteiger partial charge in [0.2, 0.25) is 11.3 Å². The smallest absolute Gasteiger partial charge is 0.231 e. The van der Waals surface area contributed by atoms with E-state index >= 15 is 0 Å². The molecule has 1 atom stereocenters. The number of ether oxygens (including phenoxy) is 2. The zero-order valence-electron chi connectivity index (χ0n) is 13.9. The Balaban J connectivity index is 1.87. The highest BCUT2D eigenvalue weighted by molar-refractivity contribution is 7.77. The lowest BCUT2D eigenvalue weighted by molar-refractivity contribution is 0.356. The van der Waals surface area contributed by atoms with Crippen molar-refractivity contribution in [2.45, 2.75) is 6.42 Å². The molecule has 3 rings (SSSR count). The normalized spacial score (nSPS) is 12.3. The molecule has 0 aliphatic carbocycles. The molecule has 0 aliphatic rings. The van der Waals surface area contributed by atoms with E-state index in [1.165, 1.54) is 0 Å². The number of rotatable bonds is 7. The molecule has 0 radical (unpaired) electrons. The topological polar surface area (TPSA) is 85.6 Å². The Hall–Kier alpha value is -2.42. The van der Waals surface area contributed by atoms with Gasteiger partial charge in [-0.15, -0.1) is 0 Å². The van der Waals surface area contributed by atoms with Crippen LogP contribution in [-0.2, 0) is 17.7 Å². The second kappa shape index (κ2) is 7.64. The van der Waals surface area contributed by atoms with Gasteiger partial charge in [-0.2, -0.15) is 5.10 Å². The van der Waals surface area contributed by atoms with E-state index in [9.17, 15) is 4.21 Å². The number of aromatic nitrogens is 2. The third kappa shape index (κ3) is 3.81. The molecule has 1 aromatic heterocycles. The highest BCUT2D eigenvalue weighted by Gasteiger charge is 2.11. The maximum atomic E-state index is 10.6. The van der Waals surface area contributed by atoms with Gasteiger partial charge in [-0.1, -0.05) is 12.1 Å². The molecule has 25 heavy (non-hydrogen) atoms. The van der Waals surface area contributed by atoms with Gasteiger partial charge in [-0.05, 0) is 30.2 Å². The Kier molecular flexibility index (Phi) is 5.32. The Morgan fingerprint density at radius 1 is 1.16 bits per heavy atom. The lowest BCUT2D eigenvalue weighted by atomic mass is 10.1. The summed E-state index contributed by atoms with van der Waals surface area (Å²) in [5.41, 5.74) is 2.91. The first kappa shape index (κ1) is 17.4. The van der Waals surface area contributed by atoms with Gasteiger partial charge in [0, 0.05) is 18.0 Å². The molecule has 2 aromatic carbocycles. The fourth-order valence-electron chi connectivity index (χ4n) is 2.65. The minimum atomic E-state index is -1.98. The van der Waals surface area contributed by atoms with Gasteiger partial charge in [0.05, 0.1) is 31.6 Å². The number of methoxy groups -OCH3 is 2. The molecule has 1 unspecified atom stereocenters. The van der Waals surface area contributed by atoms with E-state index in [0.29, 0.717) is 24.5 Å². The molecule has 7 nitrogen and oxygen atoms in total. The average molecular weight is 361 g/mol. The molecule has 0 saturated heterocycles. The maximum Gasteiger partial charge on any atom is 0.231 e. The molecule has 0 saturated carbocycles. The van der Waals surface area contributed by atoms with Crippen LogP contribution in [0.2, 0.25) is 0 Å². The summed E-state index contributed by atoms with van der Waals surface area (Å²) in [4.78, 5) is 0. The fourth-order valence-corrected chi connectivity index (χ4v) is 2.92. The Morgan fingerprint density at radius 3 is 2.48 bits per heavy atom. The van der Waals surface area contributed by atoms with Crippen LogP contribution in [0.1, 0.15) is 5.56 Å². The van der Waals surface area contributed by atoms with Crippen molar-refractivity contribution < 1.29 is 18.2 Å². The maximum absolute atomic E-state index is 10.6. The molecular formula is C17H19N3O4S. The van der Waals surface area contributed by atoms with Crippen molar-refractivity contribution in [2.24, 2.45) is 0 Å². The molecule has 0 fully saturated rings. The summed E-state index contributed by atoms with van der Waals surface area (Å²) in [5.74, 6) is 1.31. The average Bonchev–Trinajstić information content (AvgIpc) is 3.03. The molecule has 0 bridgehead atoms. The van der Waals surface area contributed by atoms with Crippen LogP contribution in [0.4, 0.5) is 0 Å². The second-order valence-electron chi connectivity index (χ2n) is 5.38. The van der Waals surface area contributed by atoms with Crippen LogP contribution in [-0.4, -0.2) is 39.3 Å². The van der Waals surface area contributed by atoms with Gasteiger partial charge in [0.1, 0.15) is 0 Å². The highest BCUT2D eigenvalue weighted by Crippen LogP contribution is 2.32. The first-order valence-electron chi connectivity index (χ1n) is 7.66. The van der Waals surface area contributed by atoms with E-state index < -0.39 is 11.3 Å². The minimum Gasteiger partial charge on any atom is -0.493 e. The van der Waals surface area contributed by atoms with Crippen molar-refractivity contribution in [3.05, 3.63) is 48.2 Å². The number of hydrogen-bond donors (Lipinski definition) is 2. The van der Waals surface area contributed by atoms with Gasteiger partial charge < -0.3 is 9.47 Å². The Morgan fingerprint density at radius 2 is 1.84 bits per heavy atom. The van der Waals surface area contributed by atoms with E-state index in [0.717, 1.165) is 22.2 Å². The highest BCUT2D eigenvalue weighted by atomic mass is 32.2. The molecule has 3 aromatic rings. The largest absolute Gasteiger partial charge is 0.493 e. The number of hydrogen-bond acceptors (Lipinski definition) is 4. The standard InChI is InChI=1S/C17H19N3O4S/c1-23-16-9-13-11-18-20(15(13)10-17(16)24-2)14-5-3-12(4-6-14)7-8-19-25(21)22/h3-6,9-11,19H,7-8H2,1-2H3,(H,21,22). The monoisotopic (exact) mass is 361 g/mol. The molecular weight excluding hydrogens is 342 g/mol. The number of fused-ring (bicyclic) bond motifs is 1. The minimum absolute atomic E-state index is 0.435. The lowest BCUT2D eigenvalue weighted by Gasteiger charge is -2.09. The van der Waals surface area contributed by atoms with Crippen LogP contribution in [0.3, 0.4) is 0 Å². The van der Waals surface area contributed by atoms with Crippen molar-refractivity contribution in [2.75, 3.05) is 20.8 Å². The summed E-state index contributed by atoms with van der Waals surface area (Å²) in [6.07, 6.45) is 2.45. The van der Waals surface area contributed by atoms with Crippen LogP contribution in [0.5, 0.6) is 11.5 Å². The zero-order chi connectivity index (χ0) is 17.8. The van der Waals surface area contributed by atoms with E-state index in [2.05, 4.69) is 9.82 Å². The van der Waals surface area contributed by atoms with Crippen molar-refractivity contribution >= 4 is 22.2 Å². The summed E-state index contributed by atoms with van der Waals surface area (Å²) in [5, 5.41) is 5.41. The van der Waals surface area contributed by atoms with Gasteiger partial charge in [0.25, 0.3) is 0 Å². The Labute approximate surface area is 148 Å². The van der Waals surface area contributed by atoms with Crippen LogP contribution >= 0.6 is 0 Å². The summed E-state index contributed by atoms with van der Waals surface area (Å²) >= 11 is -1.98. The molecule has 0 amide bonds. The van der Waals surface area contributed by atoms with E-state index in [4.69, 9.17) is 14.0 Å². The molecule has 8 heteroatoms. The van der Waals surface area contributed by atoms with Crippen molar-refractivity contribution in [3.63, 3.8) is 0 Å². The van der Waals surface area contributed by atoms with Crippen molar-refractivity contribution in [1.29, 1.82) is 0 Å². The lowest BCUT2D eigenvalue weighted by Crippen LogP contribution is -2.19. The molecule has 0 spiro atoms. The third-order valence-electron chi connectivity index (χ3n) is 3.89. The van der Waals surface area contributed by atoms with Gasteiger partial charge >= 0.3 is 0 Å². The van der Waals surface area contributed by atoms with Gasteiger partial charge in [0.15, 0.2) is 11.5 Å². The van der Waals surface area contributed by atoms with Crippen molar-refractivity contribution in [1.82, 2.24) is 14.5 Å². The predicted octanol–water partition coefficient (Wildman–Crippen LogP) is 2.31. The van der Waals surface area contributed by atoms with Crippen molar-refractivity contribution in [3.8, 4) is 17.2 Å². The van der Waals surface area contributed by atoms with Crippen LogP contribution in [0, 0.1) is 0 Å². The summed E-state index contributed by atoms with van der Waals surface area (Å²) in [6, 6.07) is 11.7. The number of benzene rings is 2. The number of nitrogens with one attached hydrogen (secondary N) is 1. The van der Waals surface area contributed by atoms with Crippen LogP contribution in [0.15, 0.2) is 42.6 Å². The van der Waals surface area contributed by atoms with E-state index in [-0.39, 0.29) is 0 Å². The van der Waals surface area contributed by atoms with Crippen LogP contribution < -0.4 is 14.2 Å². The quantitative estimate of drug-likeness (QED) is 0.631. The predicted molar refractivity (Wildman–Crippen MR) is 96.7 cm³/mol. The second-order valence-corrected chi connectivity index (χ2v) is 6.17. The van der Waals surface area contributed by atoms with E-state index in [1.807, 2.05) is 41.1 Å². The fraction of sp³-hybridized carbons (Fsp3) is 0.235. The molecule has 2 N–H and O–H groups in total. The number of nitrogens with zero attached hydrogens (tertiary/aromatic N) is 2. The van der Waals surface area contributed by atoms with Crippen LogP contribution in [0.25, 0.3) is 16.6 Å². The third-order valence-corrected chi connectivity index (χ3v) is 4.34. The van der Waals surface area contributed by atoms with E-state index in [1.54, 1.807) is 20.4 Å². The summed E-state index contributed by atoms with van der Waals surface area (Å²) in [7, 11) is 3.21.